The van der Waals surface area contributed by atoms with E-state index >= 15 is 0 Å². The van der Waals surface area contributed by atoms with Crippen LogP contribution in [-0.4, -0.2) is 87.8 Å². The smallest absolute Gasteiger partial charge is 0.463 e. The molecule has 0 aromatic rings. The zero-order valence-corrected chi connectivity index (χ0v) is 38.1. The van der Waals surface area contributed by atoms with Crippen LogP contribution in [-0.2, 0) is 14.1 Å². The fraction of sp³-hybridized carbons (Fsp3) is 0.933. The van der Waals surface area contributed by atoms with E-state index in [1.807, 2.05) is 0 Å². The highest BCUT2D eigenvalue weighted by molar-refractivity contribution is 7.45. The van der Waals surface area contributed by atoms with Crippen LogP contribution < -0.4 is 5.32 Å². The minimum atomic E-state index is -4.64. The van der Waals surface area contributed by atoms with Crippen LogP contribution in [0.25, 0.3) is 0 Å². The van der Waals surface area contributed by atoms with E-state index in [1.54, 1.807) is 0 Å². The highest BCUT2D eigenvalue weighted by Gasteiger charge is 2.07. The molecule has 0 aliphatic heterocycles. The minimum absolute atomic E-state index is 0.103. The van der Waals surface area contributed by atoms with Gasteiger partial charge in [-0.1, -0.05) is 188 Å². The molecule has 11 heteroatoms. The first-order valence-corrected chi connectivity index (χ1v) is 24.9. The maximum absolute atomic E-state index is 11.4. The zero-order chi connectivity index (χ0) is 42.2. The molecular weight excluding hydrogens is 727 g/mol. The van der Waals surface area contributed by atoms with E-state index in [9.17, 15) is 4.79 Å². The van der Waals surface area contributed by atoms with Gasteiger partial charge in [0.25, 0.3) is 0 Å². The summed E-state index contributed by atoms with van der Waals surface area (Å²) >= 11 is 0. The summed E-state index contributed by atoms with van der Waals surface area (Å²) in [5.74, 6) is -0.276. The molecule has 10 nitrogen and oxygen atoms in total. The third kappa shape index (κ3) is 62.4. The van der Waals surface area contributed by atoms with E-state index in [2.05, 4.69) is 50.1 Å². The molecule has 0 radical (unpaired) electrons. The number of carbonyl (C=O) groups excluding carboxylic acids is 1. The van der Waals surface area contributed by atoms with Crippen LogP contribution in [0.3, 0.4) is 0 Å². The second-order valence-electron chi connectivity index (χ2n) is 15.4. The molecular formula is C45H95N2O8P. The number of aliphatic hydroxyl groups excluding tert-OH is 2. The Balaban J connectivity index is -0.000000894. The van der Waals surface area contributed by atoms with Crippen LogP contribution in [0.5, 0.6) is 0 Å². The summed E-state index contributed by atoms with van der Waals surface area (Å²) in [5.41, 5.74) is 0. The highest BCUT2D eigenvalue weighted by Crippen LogP contribution is 2.25. The van der Waals surface area contributed by atoms with Crippen molar-refractivity contribution < 1.29 is 39.0 Å². The Kier molecular flexibility index (Phi) is 53.4. The summed E-state index contributed by atoms with van der Waals surface area (Å²) in [6, 6.07) is 0. The number of nitrogens with zero attached hydrogens (tertiary/aromatic N) is 1. The van der Waals surface area contributed by atoms with E-state index in [0.29, 0.717) is 6.42 Å². The minimum Gasteiger partial charge on any atom is -0.463 e. The normalized spacial score (nSPS) is 12.0. The Labute approximate surface area is 346 Å². The van der Waals surface area contributed by atoms with E-state index in [-0.39, 0.29) is 19.2 Å². The fourth-order valence-electron chi connectivity index (χ4n) is 6.35. The van der Waals surface area contributed by atoms with E-state index < -0.39 is 13.9 Å². The van der Waals surface area contributed by atoms with Crippen LogP contribution in [0, 0.1) is 0 Å². The molecule has 0 saturated heterocycles. The van der Waals surface area contributed by atoms with Gasteiger partial charge in [-0.3, -0.25) is 4.79 Å². The standard InChI is InChI=1S/C24H50N2.C21H42O4.H3O4P/c1-4-7-8-9-10-11-12-13-14-15-16-17-18-19-20-21-22-25-23-24-26(5-2)6-3;1-2-3-4-5-6-7-8-9-10-11-12-13-14-15-16-17-21(24)25-19-20(23)18-22;1-5(2,3)4/h13-14,25H,4-12,15-24H2,1-3H3;20,22-23H,2-19H2,1H3;(H3,1,2,3,4). The lowest BCUT2D eigenvalue weighted by atomic mass is 10.0. The topological polar surface area (TPSA) is 160 Å². The fourth-order valence-corrected chi connectivity index (χ4v) is 6.35. The van der Waals surface area contributed by atoms with Gasteiger partial charge < -0.3 is 39.8 Å². The van der Waals surface area contributed by atoms with Gasteiger partial charge in [-0.15, -0.1) is 0 Å². The van der Waals surface area contributed by atoms with E-state index in [4.69, 9.17) is 34.2 Å². The van der Waals surface area contributed by atoms with E-state index in [0.717, 1.165) is 19.4 Å². The predicted octanol–water partition coefficient (Wildman–Crippen LogP) is 11.2. The Hall–Kier alpha value is -0.840. The van der Waals surface area contributed by atoms with E-state index in [1.165, 1.54) is 200 Å². The molecule has 0 aromatic heterocycles. The summed E-state index contributed by atoms with van der Waals surface area (Å²) in [4.78, 5) is 35.4. The molecule has 0 aliphatic carbocycles. The lowest BCUT2D eigenvalue weighted by Crippen LogP contribution is -2.32. The van der Waals surface area contributed by atoms with Crippen molar-refractivity contribution in [1.82, 2.24) is 10.2 Å². The molecule has 1 atom stereocenters. The molecule has 0 heterocycles. The number of carbonyl (C=O) groups is 1. The number of esters is 1. The molecule has 0 saturated carbocycles. The van der Waals surface area contributed by atoms with Crippen molar-refractivity contribution in [2.24, 2.45) is 0 Å². The first-order chi connectivity index (χ1) is 27.0. The van der Waals surface area contributed by atoms with Crippen molar-refractivity contribution >= 4 is 13.8 Å². The molecule has 0 rings (SSSR count). The monoisotopic (exact) mass is 823 g/mol. The van der Waals surface area contributed by atoms with Gasteiger partial charge in [0.05, 0.1) is 6.61 Å². The average Bonchev–Trinajstić information content (AvgIpc) is 3.17. The van der Waals surface area contributed by atoms with Gasteiger partial charge in [-0.2, -0.15) is 0 Å². The number of allylic oxidation sites excluding steroid dienone is 2. The summed E-state index contributed by atoms with van der Waals surface area (Å²) < 4.78 is 13.7. The lowest BCUT2D eigenvalue weighted by Gasteiger charge is -2.17. The number of hydrogen-bond acceptors (Lipinski definition) is 7. The number of unbranched alkanes of at least 4 members (excludes halogenated alkanes) is 26. The maximum atomic E-state index is 11.4. The van der Waals surface area contributed by atoms with Crippen molar-refractivity contribution in [3.05, 3.63) is 12.2 Å². The molecule has 338 valence electrons. The maximum Gasteiger partial charge on any atom is 0.466 e. The third-order valence-corrected chi connectivity index (χ3v) is 10.00. The second kappa shape index (κ2) is 50.3. The van der Waals surface area contributed by atoms with Crippen molar-refractivity contribution in [3.63, 3.8) is 0 Å². The number of rotatable bonds is 40. The Morgan fingerprint density at radius 3 is 1.32 bits per heavy atom. The molecule has 1 unspecified atom stereocenters. The van der Waals surface area contributed by atoms with Crippen LogP contribution in [0.2, 0.25) is 0 Å². The Morgan fingerprint density at radius 2 is 0.946 bits per heavy atom. The number of phosphoric acid groups is 1. The molecule has 0 bridgehead atoms. The number of nitrogens with one attached hydrogen (secondary N) is 1. The van der Waals surface area contributed by atoms with Gasteiger partial charge in [-0.05, 0) is 58.2 Å². The molecule has 0 spiro atoms. The predicted molar refractivity (Wildman–Crippen MR) is 238 cm³/mol. The van der Waals surface area contributed by atoms with Gasteiger partial charge in [-0.25, -0.2) is 4.57 Å². The first-order valence-electron chi connectivity index (χ1n) is 23.4. The summed E-state index contributed by atoms with van der Waals surface area (Å²) in [6.07, 6.45) is 43.3. The zero-order valence-electron chi connectivity index (χ0n) is 37.3. The average molecular weight is 823 g/mol. The third-order valence-electron chi connectivity index (χ3n) is 10.00. The van der Waals surface area contributed by atoms with Gasteiger partial charge >= 0.3 is 13.8 Å². The Morgan fingerprint density at radius 1 is 0.589 bits per heavy atom. The number of ether oxygens (including phenoxy) is 1. The number of likely N-dealkylation sites (N-methyl/N-ethyl adjacent to an activating group) is 1. The van der Waals surface area contributed by atoms with Crippen molar-refractivity contribution in [2.75, 3.05) is 45.9 Å². The number of aliphatic hydroxyl groups is 2. The van der Waals surface area contributed by atoms with Crippen LogP contribution >= 0.6 is 7.82 Å². The highest BCUT2D eigenvalue weighted by atomic mass is 31.2. The molecule has 0 aliphatic rings. The second-order valence-corrected chi connectivity index (χ2v) is 16.5. The molecule has 6 N–H and O–H groups in total. The van der Waals surface area contributed by atoms with Crippen LogP contribution in [0.1, 0.15) is 220 Å². The molecule has 0 aromatic carbocycles. The summed E-state index contributed by atoms with van der Waals surface area (Å²) in [7, 11) is -4.64. The van der Waals surface area contributed by atoms with Gasteiger partial charge in [0.2, 0.25) is 0 Å². The van der Waals surface area contributed by atoms with Gasteiger partial charge in [0, 0.05) is 19.5 Å². The molecule has 0 amide bonds. The summed E-state index contributed by atoms with van der Waals surface area (Å²) in [5, 5.41) is 21.3. The van der Waals surface area contributed by atoms with Crippen molar-refractivity contribution in [2.45, 2.75) is 226 Å². The molecule has 0 fully saturated rings. The van der Waals surface area contributed by atoms with Crippen molar-refractivity contribution in [3.8, 4) is 0 Å². The largest absolute Gasteiger partial charge is 0.466 e. The Bertz CT molecular complexity index is 818. The lowest BCUT2D eigenvalue weighted by molar-refractivity contribution is -0.147. The van der Waals surface area contributed by atoms with Gasteiger partial charge in [0.1, 0.15) is 12.7 Å². The quantitative estimate of drug-likeness (QED) is 0.0152. The first kappa shape index (κ1) is 59.5. The SMILES string of the molecule is CCCCCCCCC=CCCCCCCCCNCCN(CC)CC.CCCCCCCCCCCCCCCCCC(=O)OCC(O)CO.O=P(O)(O)O. The van der Waals surface area contributed by atoms with Crippen LogP contribution in [0.4, 0.5) is 0 Å². The van der Waals surface area contributed by atoms with Crippen LogP contribution in [0.15, 0.2) is 12.2 Å². The van der Waals surface area contributed by atoms with Crippen molar-refractivity contribution in [1.29, 1.82) is 0 Å². The molecule has 56 heavy (non-hydrogen) atoms. The van der Waals surface area contributed by atoms with Gasteiger partial charge in [0.15, 0.2) is 0 Å². The summed E-state index contributed by atoms with van der Waals surface area (Å²) in [6.45, 7) is 14.5. The number of hydrogen-bond donors (Lipinski definition) is 6.